The molecule has 1 aliphatic rings. The highest BCUT2D eigenvalue weighted by molar-refractivity contribution is 5.89. The highest BCUT2D eigenvalue weighted by Gasteiger charge is 2.44. The molecule has 45 heavy (non-hydrogen) atoms. The molecule has 2 N–H and O–H groups in total. The van der Waals surface area contributed by atoms with E-state index in [2.05, 4.69) is 15.3 Å². The van der Waals surface area contributed by atoms with Crippen LogP contribution in [0.1, 0.15) is 66.6 Å². The number of para-hydroxylation sites is 1. The molecular weight excluding hydrogens is 582 g/mol. The summed E-state index contributed by atoms with van der Waals surface area (Å²) in [6, 6.07) is 9.15. The predicted molar refractivity (Wildman–Crippen MR) is 165 cm³/mol. The Morgan fingerprint density at radius 1 is 1.07 bits per heavy atom. The number of carbonyl (C=O) groups is 4. The zero-order valence-corrected chi connectivity index (χ0v) is 26.5. The molecule has 0 saturated carbocycles. The summed E-state index contributed by atoms with van der Waals surface area (Å²) in [5.41, 5.74) is -1.58. The number of benzene rings is 1. The maximum atomic E-state index is 12.9. The van der Waals surface area contributed by atoms with Crippen molar-refractivity contribution < 1.29 is 38.5 Å². The molecular formula is C32H39N5O8. The smallest absolute Gasteiger partial charge is 0.420 e. The maximum absolute atomic E-state index is 12.9. The van der Waals surface area contributed by atoms with E-state index in [0.29, 0.717) is 11.1 Å². The summed E-state index contributed by atoms with van der Waals surface area (Å²) < 4.78 is 17.3. The Bertz CT molecular complexity index is 1620. The van der Waals surface area contributed by atoms with E-state index in [4.69, 9.17) is 14.2 Å². The zero-order chi connectivity index (χ0) is 33.2. The van der Waals surface area contributed by atoms with Gasteiger partial charge in [0.15, 0.2) is 0 Å². The van der Waals surface area contributed by atoms with E-state index in [-0.39, 0.29) is 49.1 Å². The van der Waals surface area contributed by atoms with Crippen LogP contribution in [-0.4, -0.2) is 73.6 Å². The first-order valence-electron chi connectivity index (χ1n) is 14.5. The van der Waals surface area contributed by atoms with Crippen molar-refractivity contribution in [1.82, 2.24) is 24.8 Å². The minimum atomic E-state index is -1.31. The summed E-state index contributed by atoms with van der Waals surface area (Å²) >= 11 is 0. The maximum Gasteiger partial charge on any atom is 0.420 e. The zero-order valence-electron chi connectivity index (χ0n) is 26.5. The van der Waals surface area contributed by atoms with E-state index in [1.165, 1.54) is 13.3 Å². The average molecular weight is 622 g/mol. The third kappa shape index (κ3) is 7.59. The van der Waals surface area contributed by atoms with Gasteiger partial charge in [0.25, 0.3) is 0 Å². The molecule has 1 aromatic carbocycles. The van der Waals surface area contributed by atoms with Gasteiger partial charge in [-0.25, -0.2) is 33.8 Å². The van der Waals surface area contributed by atoms with Crippen LogP contribution >= 0.6 is 0 Å². The normalized spacial score (nSPS) is 16.9. The van der Waals surface area contributed by atoms with Crippen molar-refractivity contribution in [1.29, 1.82) is 0 Å². The third-order valence-electron chi connectivity index (χ3n) is 6.85. The van der Waals surface area contributed by atoms with Crippen molar-refractivity contribution in [3.63, 3.8) is 0 Å². The van der Waals surface area contributed by atoms with Gasteiger partial charge in [-0.1, -0.05) is 30.4 Å². The van der Waals surface area contributed by atoms with Crippen molar-refractivity contribution in [3.8, 4) is 17.1 Å². The second kappa shape index (κ2) is 12.6. The van der Waals surface area contributed by atoms with Gasteiger partial charge in [-0.3, -0.25) is 4.79 Å². The molecule has 1 aliphatic heterocycles. The molecule has 13 nitrogen and oxygen atoms in total. The third-order valence-corrected chi connectivity index (χ3v) is 6.85. The number of fused-ring (bicyclic) bond motifs is 1. The highest BCUT2D eigenvalue weighted by atomic mass is 16.6. The van der Waals surface area contributed by atoms with Crippen molar-refractivity contribution in [2.45, 2.75) is 77.5 Å². The predicted octanol–water partition coefficient (Wildman–Crippen LogP) is 5.86. The van der Waals surface area contributed by atoms with Gasteiger partial charge in [-0.2, -0.15) is 0 Å². The van der Waals surface area contributed by atoms with Gasteiger partial charge in [0.05, 0.1) is 36.6 Å². The number of aromatic nitrogens is 3. The Labute approximate surface area is 261 Å². The van der Waals surface area contributed by atoms with Crippen LogP contribution in [0.4, 0.5) is 14.4 Å². The molecule has 0 bridgehead atoms. The SMILES string of the molecule is COc1nc2ccccc2cc1-c1cnc(C2(C/C=C/CN(C(=O)OC(C)(C)C)C(=O)OC(C)(C)C)CCC(=O)N2)n1C(=O)O. The minimum absolute atomic E-state index is 0.104. The van der Waals surface area contributed by atoms with Crippen LogP contribution in [0, 0.1) is 0 Å². The van der Waals surface area contributed by atoms with E-state index in [1.54, 1.807) is 59.8 Å². The fourth-order valence-corrected chi connectivity index (χ4v) is 4.96. The van der Waals surface area contributed by atoms with Crippen LogP contribution in [0.2, 0.25) is 0 Å². The van der Waals surface area contributed by atoms with Crippen LogP contribution in [0.3, 0.4) is 0 Å². The summed E-state index contributed by atoms with van der Waals surface area (Å²) in [4.78, 5) is 60.9. The molecule has 1 unspecified atom stereocenters. The number of nitrogens with zero attached hydrogens (tertiary/aromatic N) is 4. The molecule has 3 heterocycles. The number of imidazole rings is 1. The number of amides is 3. The number of pyridine rings is 1. The van der Waals surface area contributed by atoms with Gasteiger partial charge < -0.3 is 24.6 Å². The van der Waals surface area contributed by atoms with E-state index < -0.39 is 35.0 Å². The lowest BCUT2D eigenvalue weighted by atomic mass is 9.91. The Morgan fingerprint density at radius 3 is 2.27 bits per heavy atom. The summed E-state index contributed by atoms with van der Waals surface area (Å²) in [5, 5.41) is 14.1. The van der Waals surface area contributed by atoms with Gasteiger partial charge in [-0.15, -0.1) is 0 Å². The van der Waals surface area contributed by atoms with E-state index >= 15 is 0 Å². The standard InChI is InChI=1S/C32H39N5O8/c1-30(2,3)44-28(41)36(29(42)45-31(4,5)6)17-11-10-15-32(16-14-24(38)35-32)26-33-19-23(37(26)27(39)40)21-18-20-12-8-9-13-22(20)34-25(21)43-7/h8-13,18-19H,14-17H2,1-7H3,(H,35,38)(H,39,40)/b11-10+. The number of methoxy groups -OCH3 is 1. The minimum Gasteiger partial charge on any atom is -0.480 e. The fourth-order valence-electron chi connectivity index (χ4n) is 4.96. The Hall–Kier alpha value is -4.94. The Morgan fingerprint density at radius 2 is 1.71 bits per heavy atom. The summed E-state index contributed by atoms with van der Waals surface area (Å²) in [5.74, 6) is 0.0576. The van der Waals surface area contributed by atoms with Crippen molar-refractivity contribution in [3.05, 3.63) is 54.5 Å². The van der Waals surface area contributed by atoms with Crippen molar-refractivity contribution in [2.24, 2.45) is 0 Å². The summed E-state index contributed by atoms with van der Waals surface area (Å²) in [6.45, 7) is 9.91. The fraction of sp³-hybridized carbons (Fsp3) is 0.438. The number of carbonyl (C=O) groups excluding carboxylic acids is 3. The molecule has 240 valence electrons. The first kappa shape index (κ1) is 33.0. The van der Waals surface area contributed by atoms with Crippen LogP contribution in [-0.2, 0) is 19.8 Å². The highest BCUT2D eigenvalue weighted by Crippen LogP contribution is 2.39. The van der Waals surface area contributed by atoms with Crippen LogP contribution in [0.25, 0.3) is 22.2 Å². The molecule has 2 aromatic heterocycles. The largest absolute Gasteiger partial charge is 0.480 e. The second-order valence-electron chi connectivity index (χ2n) is 12.7. The quantitative estimate of drug-likeness (QED) is 0.306. The van der Waals surface area contributed by atoms with E-state index in [9.17, 15) is 24.3 Å². The van der Waals surface area contributed by atoms with Gasteiger partial charge in [0.2, 0.25) is 11.8 Å². The number of imide groups is 1. The second-order valence-corrected chi connectivity index (χ2v) is 12.7. The van der Waals surface area contributed by atoms with Crippen molar-refractivity contribution >= 4 is 35.1 Å². The topological polar surface area (TPSA) is 162 Å². The van der Waals surface area contributed by atoms with Gasteiger partial charge in [0.1, 0.15) is 22.6 Å². The molecule has 1 saturated heterocycles. The molecule has 1 atom stereocenters. The molecule has 0 aliphatic carbocycles. The van der Waals surface area contributed by atoms with E-state index in [1.807, 2.05) is 24.3 Å². The van der Waals surface area contributed by atoms with Crippen molar-refractivity contribution in [2.75, 3.05) is 13.7 Å². The number of carboxylic acid groups (broad SMARTS) is 1. The van der Waals surface area contributed by atoms with Gasteiger partial charge >= 0.3 is 18.3 Å². The number of rotatable bonds is 7. The molecule has 3 amide bonds. The summed E-state index contributed by atoms with van der Waals surface area (Å²) in [6.07, 6.45) is 2.10. The number of hydrogen-bond acceptors (Lipinski definition) is 9. The molecule has 0 radical (unpaired) electrons. The number of ether oxygens (including phenoxy) is 3. The summed E-state index contributed by atoms with van der Waals surface area (Å²) in [7, 11) is 1.45. The lowest BCUT2D eigenvalue weighted by molar-refractivity contribution is -0.119. The van der Waals surface area contributed by atoms with Crippen LogP contribution in [0.15, 0.2) is 48.7 Å². The number of nitrogens with one attached hydrogen (secondary N) is 1. The molecule has 13 heteroatoms. The first-order chi connectivity index (χ1) is 21.0. The molecule has 1 fully saturated rings. The van der Waals surface area contributed by atoms with Crippen LogP contribution in [0.5, 0.6) is 5.88 Å². The lowest BCUT2D eigenvalue weighted by Gasteiger charge is -2.29. The monoisotopic (exact) mass is 621 g/mol. The Balaban J connectivity index is 1.69. The number of hydrogen-bond donors (Lipinski definition) is 2. The van der Waals surface area contributed by atoms with Gasteiger partial charge in [0, 0.05) is 11.8 Å². The lowest BCUT2D eigenvalue weighted by Crippen LogP contribution is -2.43. The Kier molecular flexibility index (Phi) is 9.22. The van der Waals surface area contributed by atoms with E-state index in [0.717, 1.165) is 14.9 Å². The molecule has 4 rings (SSSR count). The molecule has 0 spiro atoms. The first-order valence-corrected chi connectivity index (χ1v) is 14.5. The van der Waals surface area contributed by atoms with Crippen LogP contribution < -0.4 is 10.1 Å². The average Bonchev–Trinajstić information content (AvgIpc) is 3.55. The van der Waals surface area contributed by atoms with Gasteiger partial charge in [-0.05, 0) is 66.5 Å². The molecule has 3 aromatic rings.